The van der Waals surface area contributed by atoms with Gasteiger partial charge < -0.3 is 19.8 Å². The van der Waals surface area contributed by atoms with Crippen molar-refractivity contribution in [3.05, 3.63) is 78.2 Å². The molecule has 4 aromatic rings. The summed E-state index contributed by atoms with van der Waals surface area (Å²) in [4.78, 5) is 22.8. The summed E-state index contributed by atoms with van der Waals surface area (Å²) in [5.41, 5.74) is 6.26. The van der Waals surface area contributed by atoms with E-state index in [2.05, 4.69) is 26.3 Å². The van der Waals surface area contributed by atoms with Gasteiger partial charge in [-0.1, -0.05) is 12.1 Å². The Morgan fingerprint density at radius 1 is 1.06 bits per heavy atom. The summed E-state index contributed by atoms with van der Waals surface area (Å²) in [5.74, 6) is 0.736. The molecule has 6 rings (SSSR count). The lowest BCUT2D eigenvalue weighted by atomic mass is 9.95. The van der Waals surface area contributed by atoms with Gasteiger partial charge in [0, 0.05) is 59.9 Å². The summed E-state index contributed by atoms with van der Waals surface area (Å²) in [6.45, 7) is 5.03. The number of amides is 1. The number of H-pyrrole nitrogens is 1. The van der Waals surface area contributed by atoms with Crippen LogP contribution in [0.1, 0.15) is 11.3 Å². The van der Waals surface area contributed by atoms with Crippen LogP contribution in [0.25, 0.3) is 33.7 Å². The van der Waals surface area contributed by atoms with Gasteiger partial charge in [-0.15, -0.1) is 0 Å². The fourth-order valence-electron chi connectivity index (χ4n) is 4.73. The number of hydrogen-bond acceptors (Lipinski definition) is 5. The predicted octanol–water partition coefficient (Wildman–Crippen LogP) is 4.43. The van der Waals surface area contributed by atoms with Gasteiger partial charge in [-0.05, 0) is 59.7 Å². The Labute approximate surface area is 203 Å². The molecule has 2 aromatic heterocycles. The minimum Gasteiger partial charge on any atom is -0.492 e. The van der Waals surface area contributed by atoms with Crippen LogP contribution in [0.4, 0.5) is 5.69 Å². The predicted molar refractivity (Wildman–Crippen MR) is 137 cm³/mol. The van der Waals surface area contributed by atoms with Crippen molar-refractivity contribution < 1.29 is 14.3 Å². The third kappa shape index (κ3) is 4.43. The topological polar surface area (TPSA) is 79.5 Å². The number of hydrogen-bond donors (Lipinski definition) is 2. The maximum Gasteiger partial charge on any atom is 0.256 e. The minimum atomic E-state index is -0.104. The standard InChI is InChI=1S/C28H26N4O3/c33-28-24(27-23(2-1-3-26(27)31-28)19-6-8-29-9-7-19)18-21-16-20-17-22(4-5-25(20)30-21)35-15-12-32-10-13-34-14-11-32/h1-9,16-18,30H,10-15H2,(H,31,33)/b24-18-. The average molecular weight is 467 g/mol. The molecule has 0 unspecified atom stereocenters. The van der Waals surface area contributed by atoms with Gasteiger partial charge in [0.2, 0.25) is 0 Å². The van der Waals surface area contributed by atoms with Gasteiger partial charge in [0.25, 0.3) is 5.91 Å². The fraction of sp³-hybridized carbons (Fsp3) is 0.214. The third-order valence-corrected chi connectivity index (χ3v) is 6.51. The van der Waals surface area contributed by atoms with Crippen LogP contribution in [-0.2, 0) is 9.53 Å². The number of rotatable bonds is 6. The van der Waals surface area contributed by atoms with Crippen molar-refractivity contribution in [3.63, 3.8) is 0 Å². The number of fused-ring (bicyclic) bond motifs is 2. The molecule has 0 radical (unpaired) electrons. The van der Waals surface area contributed by atoms with Gasteiger partial charge in [-0.25, -0.2) is 0 Å². The zero-order chi connectivity index (χ0) is 23.6. The van der Waals surface area contributed by atoms with Gasteiger partial charge in [0.05, 0.1) is 18.8 Å². The number of nitrogens with zero attached hydrogens (tertiary/aromatic N) is 2. The molecular weight excluding hydrogens is 440 g/mol. The Morgan fingerprint density at radius 3 is 2.77 bits per heavy atom. The summed E-state index contributed by atoms with van der Waals surface area (Å²) in [7, 11) is 0. The summed E-state index contributed by atoms with van der Waals surface area (Å²) in [6.07, 6.45) is 5.45. The molecule has 1 amide bonds. The fourth-order valence-corrected chi connectivity index (χ4v) is 4.73. The molecule has 4 heterocycles. The molecule has 176 valence electrons. The van der Waals surface area contributed by atoms with E-state index in [4.69, 9.17) is 9.47 Å². The van der Waals surface area contributed by atoms with Gasteiger partial charge in [0.1, 0.15) is 12.4 Å². The second-order valence-electron chi connectivity index (χ2n) is 8.75. The number of benzene rings is 2. The number of nitrogens with one attached hydrogen (secondary N) is 2. The number of ether oxygens (including phenoxy) is 2. The first-order chi connectivity index (χ1) is 17.2. The summed E-state index contributed by atoms with van der Waals surface area (Å²) in [6, 6.07) is 17.9. The van der Waals surface area contributed by atoms with Crippen LogP contribution in [0.15, 0.2) is 67.0 Å². The van der Waals surface area contributed by atoms with E-state index in [0.717, 1.165) is 77.6 Å². The number of anilines is 1. The van der Waals surface area contributed by atoms with Crippen molar-refractivity contribution in [2.75, 3.05) is 44.8 Å². The van der Waals surface area contributed by atoms with Crippen molar-refractivity contribution in [3.8, 4) is 16.9 Å². The molecule has 2 N–H and O–H groups in total. The van der Waals surface area contributed by atoms with E-state index in [1.807, 2.05) is 54.6 Å². The largest absolute Gasteiger partial charge is 0.492 e. The molecule has 0 aliphatic carbocycles. The maximum atomic E-state index is 12.9. The zero-order valence-corrected chi connectivity index (χ0v) is 19.3. The van der Waals surface area contributed by atoms with E-state index in [1.165, 1.54) is 0 Å². The molecule has 2 aliphatic rings. The highest BCUT2D eigenvalue weighted by atomic mass is 16.5. The first-order valence-corrected chi connectivity index (χ1v) is 11.9. The van der Waals surface area contributed by atoms with Crippen LogP contribution in [0.5, 0.6) is 5.75 Å². The molecule has 7 nitrogen and oxygen atoms in total. The molecule has 35 heavy (non-hydrogen) atoms. The Balaban J connectivity index is 1.26. The van der Waals surface area contributed by atoms with E-state index in [0.29, 0.717) is 12.2 Å². The van der Waals surface area contributed by atoms with Crippen molar-refractivity contribution in [1.82, 2.24) is 14.9 Å². The molecular formula is C28H26N4O3. The first kappa shape index (κ1) is 21.6. The van der Waals surface area contributed by atoms with Crippen LogP contribution >= 0.6 is 0 Å². The summed E-state index contributed by atoms with van der Waals surface area (Å²) < 4.78 is 11.4. The smallest absolute Gasteiger partial charge is 0.256 e. The molecule has 1 saturated heterocycles. The molecule has 2 aliphatic heterocycles. The van der Waals surface area contributed by atoms with Crippen LogP contribution in [0.2, 0.25) is 0 Å². The number of carbonyl (C=O) groups is 1. The van der Waals surface area contributed by atoms with E-state index in [1.54, 1.807) is 12.4 Å². The van der Waals surface area contributed by atoms with Crippen molar-refractivity contribution in [1.29, 1.82) is 0 Å². The summed E-state index contributed by atoms with van der Waals surface area (Å²) in [5, 5.41) is 4.05. The van der Waals surface area contributed by atoms with E-state index >= 15 is 0 Å². The molecule has 2 aromatic carbocycles. The minimum absolute atomic E-state index is 0.104. The van der Waals surface area contributed by atoms with Crippen LogP contribution in [0.3, 0.4) is 0 Å². The maximum absolute atomic E-state index is 12.9. The summed E-state index contributed by atoms with van der Waals surface area (Å²) >= 11 is 0. The number of aromatic amines is 1. The molecule has 0 bridgehead atoms. The lowest BCUT2D eigenvalue weighted by Crippen LogP contribution is -2.38. The van der Waals surface area contributed by atoms with Crippen molar-refractivity contribution in [2.45, 2.75) is 0 Å². The normalized spacial score (nSPS) is 17.0. The average Bonchev–Trinajstić information content (AvgIpc) is 3.44. The number of morpholine rings is 1. The Morgan fingerprint density at radius 2 is 1.91 bits per heavy atom. The van der Waals surface area contributed by atoms with Crippen molar-refractivity contribution in [2.24, 2.45) is 0 Å². The molecule has 0 spiro atoms. The van der Waals surface area contributed by atoms with E-state index < -0.39 is 0 Å². The van der Waals surface area contributed by atoms with Gasteiger partial charge >= 0.3 is 0 Å². The molecule has 1 fully saturated rings. The van der Waals surface area contributed by atoms with Gasteiger partial charge in [-0.2, -0.15) is 0 Å². The quantitative estimate of drug-likeness (QED) is 0.411. The lowest BCUT2D eigenvalue weighted by Gasteiger charge is -2.26. The van der Waals surface area contributed by atoms with Crippen LogP contribution < -0.4 is 10.1 Å². The Bertz CT molecular complexity index is 1400. The third-order valence-electron chi connectivity index (χ3n) is 6.51. The number of pyridine rings is 1. The monoisotopic (exact) mass is 466 g/mol. The second-order valence-corrected chi connectivity index (χ2v) is 8.75. The van der Waals surface area contributed by atoms with Gasteiger partial charge in [0.15, 0.2) is 0 Å². The lowest BCUT2D eigenvalue weighted by molar-refractivity contribution is -0.110. The van der Waals surface area contributed by atoms with Crippen LogP contribution in [0, 0.1) is 0 Å². The van der Waals surface area contributed by atoms with Crippen LogP contribution in [-0.4, -0.2) is 60.2 Å². The zero-order valence-electron chi connectivity index (χ0n) is 19.3. The second kappa shape index (κ2) is 9.37. The number of carbonyl (C=O) groups excluding carboxylic acids is 1. The van der Waals surface area contributed by atoms with Crippen molar-refractivity contribution >= 4 is 34.1 Å². The highest BCUT2D eigenvalue weighted by Gasteiger charge is 2.27. The highest BCUT2D eigenvalue weighted by molar-refractivity contribution is 6.36. The molecule has 0 atom stereocenters. The SMILES string of the molecule is O=C1Nc2cccc(-c3ccncc3)c2/C1=C/c1cc2cc(OCCN3CCOCC3)ccc2[nH]1. The number of aromatic nitrogens is 2. The Hall–Kier alpha value is -3.94. The first-order valence-electron chi connectivity index (χ1n) is 11.9. The highest BCUT2D eigenvalue weighted by Crippen LogP contribution is 2.40. The van der Waals surface area contributed by atoms with E-state index in [-0.39, 0.29) is 5.91 Å². The van der Waals surface area contributed by atoms with Gasteiger partial charge in [-0.3, -0.25) is 14.7 Å². The molecule has 0 saturated carbocycles. The van der Waals surface area contributed by atoms with E-state index in [9.17, 15) is 4.79 Å². The molecule has 7 heteroatoms. The Kier molecular flexibility index (Phi) is 5.78.